The molecule has 20 heavy (non-hydrogen) atoms. The first-order chi connectivity index (χ1) is 9.47. The summed E-state index contributed by atoms with van der Waals surface area (Å²) in [6.07, 6.45) is -0.759. The summed E-state index contributed by atoms with van der Waals surface area (Å²) in [5, 5.41) is 7.55. The van der Waals surface area contributed by atoms with Crippen molar-refractivity contribution < 1.29 is 14.3 Å². The average molecular weight is 279 g/mol. The Kier molecular flexibility index (Phi) is 5.99. The lowest BCUT2D eigenvalue weighted by atomic mass is 10.1. The third-order valence-electron chi connectivity index (χ3n) is 2.72. The van der Waals surface area contributed by atoms with Crippen LogP contribution < -0.4 is 20.7 Å². The van der Waals surface area contributed by atoms with Crippen LogP contribution in [0, 0.1) is 6.92 Å². The molecule has 110 valence electrons. The fourth-order valence-electron chi connectivity index (χ4n) is 1.67. The van der Waals surface area contributed by atoms with Crippen molar-refractivity contribution in [3.8, 4) is 5.75 Å². The Hall–Kier alpha value is -2.08. The van der Waals surface area contributed by atoms with Crippen molar-refractivity contribution in [2.75, 3.05) is 14.1 Å². The van der Waals surface area contributed by atoms with Gasteiger partial charge in [-0.05, 0) is 27.0 Å². The number of benzene rings is 1. The molecule has 0 aliphatic rings. The maximum absolute atomic E-state index is 11.7. The van der Waals surface area contributed by atoms with Crippen LogP contribution in [0.4, 0.5) is 4.79 Å². The predicted molar refractivity (Wildman–Crippen MR) is 76.6 cm³/mol. The second-order valence-corrected chi connectivity index (χ2v) is 4.47. The number of nitrogens with one attached hydrogen (secondary N) is 3. The summed E-state index contributed by atoms with van der Waals surface area (Å²) in [6.45, 7) is 4.23. The topological polar surface area (TPSA) is 79.5 Å². The van der Waals surface area contributed by atoms with E-state index in [4.69, 9.17) is 4.74 Å². The van der Waals surface area contributed by atoms with Gasteiger partial charge in [-0.25, -0.2) is 4.79 Å². The van der Waals surface area contributed by atoms with Gasteiger partial charge in [-0.2, -0.15) is 0 Å². The van der Waals surface area contributed by atoms with Crippen LogP contribution in [0.25, 0.3) is 0 Å². The Morgan fingerprint density at radius 2 is 2.00 bits per heavy atom. The van der Waals surface area contributed by atoms with E-state index >= 15 is 0 Å². The molecule has 3 N–H and O–H groups in total. The number of imide groups is 1. The highest BCUT2D eigenvalue weighted by Crippen LogP contribution is 2.21. The fourth-order valence-corrected chi connectivity index (χ4v) is 1.67. The van der Waals surface area contributed by atoms with Crippen molar-refractivity contribution in [3.05, 3.63) is 29.3 Å². The average Bonchev–Trinajstić information content (AvgIpc) is 2.41. The lowest BCUT2D eigenvalue weighted by Crippen LogP contribution is -2.44. The molecule has 0 saturated heterocycles. The number of urea groups is 1. The van der Waals surface area contributed by atoms with Crippen LogP contribution in [0.1, 0.15) is 18.1 Å². The van der Waals surface area contributed by atoms with E-state index in [1.807, 2.05) is 32.2 Å². The summed E-state index contributed by atoms with van der Waals surface area (Å²) >= 11 is 0. The van der Waals surface area contributed by atoms with E-state index in [0.717, 1.165) is 11.1 Å². The highest BCUT2D eigenvalue weighted by atomic mass is 16.5. The van der Waals surface area contributed by atoms with Gasteiger partial charge in [0.2, 0.25) is 0 Å². The molecule has 1 aromatic carbocycles. The van der Waals surface area contributed by atoms with Gasteiger partial charge < -0.3 is 15.4 Å². The quantitative estimate of drug-likeness (QED) is 0.749. The van der Waals surface area contributed by atoms with E-state index in [1.54, 1.807) is 6.92 Å². The Morgan fingerprint density at radius 1 is 1.30 bits per heavy atom. The molecule has 1 aromatic rings. The lowest BCUT2D eigenvalue weighted by Gasteiger charge is -2.17. The van der Waals surface area contributed by atoms with Gasteiger partial charge in [0.25, 0.3) is 5.91 Å². The number of hydrogen-bond acceptors (Lipinski definition) is 4. The molecule has 0 aliphatic carbocycles. The molecule has 0 heterocycles. The molecule has 1 rings (SSSR count). The Bertz CT molecular complexity index is 489. The van der Waals surface area contributed by atoms with Gasteiger partial charge in [-0.15, -0.1) is 0 Å². The van der Waals surface area contributed by atoms with E-state index in [2.05, 4.69) is 16.0 Å². The van der Waals surface area contributed by atoms with Crippen LogP contribution >= 0.6 is 0 Å². The summed E-state index contributed by atoms with van der Waals surface area (Å²) in [5.74, 6) is 0.143. The van der Waals surface area contributed by atoms with Gasteiger partial charge >= 0.3 is 6.03 Å². The minimum absolute atomic E-state index is 0.486. The molecule has 0 bridgehead atoms. The molecular formula is C14H21N3O3. The van der Waals surface area contributed by atoms with E-state index in [0.29, 0.717) is 12.3 Å². The molecule has 0 spiro atoms. The second kappa shape index (κ2) is 7.49. The molecule has 3 amide bonds. The highest BCUT2D eigenvalue weighted by Gasteiger charge is 2.18. The van der Waals surface area contributed by atoms with Crippen molar-refractivity contribution in [2.45, 2.75) is 26.5 Å². The van der Waals surface area contributed by atoms with E-state index < -0.39 is 18.0 Å². The molecule has 0 aromatic heterocycles. The third-order valence-corrected chi connectivity index (χ3v) is 2.72. The first-order valence-electron chi connectivity index (χ1n) is 6.41. The van der Waals surface area contributed by atoms with Crippen LogP contribution in [0.15, 0.2) is 18.2 Å². The minimum atomic E-state index is -0.759. The zero-order chi connectivity index (χ0) is 15.1. The van der Waals surface area contributed by atoms with Gasteiger partial charge in [-0.3, -0.25) is 10.1 Å². The van der Waals surface area contributed by atoms with E-state index in [-0.39, 0.29) is 0 Å². The monoisotopic (exact) mass is 279 g/mol. The summed E-state index contributed by atoms with van der Waals surface area (Å²) in [7, 11) is 3.28. The summed E-state index contributed by atoms with van der Waals surface area (Å²) in [4.78, 5) is 22.8. The van der Waals surface area contributed by atoms with Gasteiger partial charge in [0.05, 0.1) is 0 Å². The normalized spacial score (nSPS) is 11.6. The Balaban J connectivity index is 2.76. The largest absolute Gasteiger partial charge is 0.481 e. The fraction of sp³-hybridized carbons (Fsp3) is 0.429. The number of hydrogen-bond donors (Lipinski definition) is 3. The molecule has 0 fully saturated rings. The number of carbonyl (C=O) groups excluding carboxylic acids is 2. The minimum Gasteiger partial charge on any atom is -0.481 e. The predicted octanol–water partition coefficient (Wildman–Crippen LogP) is 0.937. The van der Waals surface area contributed by atoms with Crippen LogP contribution in [0.2, 0.25) is 0 Å². The van der Waals surface area contributed by atoms with Crippen molar-refractivity contribution in [3.63, 3.8) is 0 Å². The summed E-state index contributed by atoms with van der Waals surface area (Å²) < 4.78 is 5.63. The Morgan fingerprint density at radius 3 is 2.60 bits per heavy atom. The number of carbonyl (C=O) groups is 2. The molecule has 6 heteroatoms. The second-order valence-electron chi connectivity index (χ2n) is 4.47. The molecule has 1 atom stereocenters. The molecule has 0 radical (unpaired) electrons. The molecule has 0 aliphatic heterocycles. The number of rotatable bonds is 5. The third kappa shape index (κ3) is 4.55. The van der Waals surface area contributed by atoms with Crippen LogP contribution in [0.3, 0.4) is 0 Å². The Labute approximate surface area is 118 Å². The van der Waals surface area contributed by atoms with Crippen LogP contribution in [-0.2, 0) is 11.3 Å². The van der Waals surface area contributed by atoms with Gasteiger partial charge in [0.15, 0.2) is 6.10 Å². The van der Waals surface area contributed by atoms with Crippen molar-refractivity contribution in [2.24, 2.45) is 0 Å². The van der Waals surface area contributed by atoms with Crippen LogP contribution in [0.5, 0.6) is 5.75 Å². The molecular weight excluding hydrogens is 258 g/mol. The van der Waals surface area contributed by atoms with Crippen molar-refractivity contribution >= 4 is 11.9 Å². The summed E-state index contributed by atoms with van der Waals surface area (Å²) in [6, 6.07) is 5.18. The smallest absolute Gasteiger partial charge is 0.321 e. The number of ether oxygens (including phenoxy) is 1. The lowest BCUT2D eigenvalue weighted by molar-refractivity contribution is -0.126. The van der Waals surface area contributed by atoms with Crippen molar-refractivity contribution in [1.29, 1.82) is 0 Å². The molecule has 6 nitrogen and oxygen atoms in total. The number of amides is 3. The van der Waals surface area contributed by atoms with E-state index in [9.17, 15) is 9.59 Å². The molecule has 1 unspecified atom stereocenters. The van der Waals surface area contributed by atoms with Crippen molar-refractivity contribution in [1.82, 2.24) is 16.0 Å². The molecule has 0 saturated carbocycles. The zero-order valence-corrected chi connectivity index (χ0v) is 12.2. The van der Waals surface area contributed by atoms with E-state index in [1.165, 1.54) is 7.05 Å². The highest BCUT2D eigenvalue weighted by molar-refractivity contribution is 5.96. The first-order valence-corrected chi connectivity index (χ1v) is 6.41. The standard InChI is InChI=1S/C14H21N3O3/c1-9-5-6-12(11(7-9)8-15-3)20-10(2)13(18)17-14(19)16-4/h5-7,10,15H,8H2,1-4H3,(H2,16,17,18,19). The van der Waals surface area contributed by atoms with Gasteiger partial charge in [0, 0.05) is 19.2 Å². The zero-order valence-electron chi connectivity index (χ0n) is 12.2. The maximum Gasteiger partial charge on any atom is 0.321 e. The number of aryl methyl sites for hydroxylation is 1. The first kappa shape index (κ1) is 16.0. The van der Waals surface area contributed by atoms with Gasteiger partial charge in [0.1, 0.15) is 5.75 Å². The maximum atomic E-state index is 11.7. The summed E-state index contributed by atoms with van der Waals surface area (Å²) in [5.41, 5.74) is 2.08. The SMILES string of the molecule is CNCc1cc(C)ccc1OC(C)C(=O)NC(=O)NC. The van der Waals surface area contributed by atoms with Crippen LogP contribution in [-0.4, -0.2) is 32.1 Å². The van der Waals surface area contributed by atoms with Gasteiger partial charge in [-0.1, -0.05) is 17.7 Å².